The summed E-state index contributed by atoms with van der Waals surface area (Å²) in [6.45, 7) is 2.07. The van der Waals surface area contributed by atoms with Crippen LogP contribution in [0.1, 0.15) is 12.5 Å². The van der Waals surface area contributed by atoms with Gasteiger partial charge < -0.3 is 9.64 Å². The molecule has 5 heteroatoms. The van der Waals surface area contributed by atoms with E-state index in [1.54, 1.807) is 13.0 Å². The molecule has 0 heterocycles. The fraction of sp³-hybridized carbons (Fsp3) is 0.286. The Bertz CT molecular complexity index is 450. The van der Waals surface area contributed by atoms with Crippen LogP contribution in [0.3, 0.4) is 0 Å². The van der Waals surface area contributed by atoms with Crippen molar-refractivity contribution in [3.63, 3.8) is 0 Å². The molecule has 0 saturated heterocycles. The molecule has 0 spiro atoms. The normalized spacial score (nSPS) is 10.9. The number of rotatable bonds is 5. The largest absolute Gasteiger partial charge is 0.449 e. The minimum Gasteiger partial charge on any atom is -0.449 e. The topological polar surface area (TPSA) is 53.9 Å². The summed E-state index contributed by atoms with van der Waals surface area (Å²) in [6.07, 6.45) is 4.59. The summed E-state index contributed by atoms with van der Waals surface area (Å²) in [5.74, 6) is 0. The zero-order chi connectivity index (χ0) is 14.1. The summed E-state index contributed by atoms with van der Waals surface area (Å²) in [4.78, 5) is 12.9. The molecule has 0 radical (unpaired) electrons. The third kappa shape index (κ3) is 5.72. The maximum Gasteiger partial charge on any atom is 0.427 e. The Balaban J connectivity index is 2.44. The van der Waals surface area contributed by atoms with Gasteiger partial charge in [-0.15, -0.1) is 0 Å². The molecule has 1 N–H and O–H groups in total. The minimum atomic E-state index is -0.553. The molecule has 1 aromatic carbocycles. The van der Waals surface area contributed by atoms with Crippen molar-refractivity contribution in [1.82, 2.24) is 5.43 Å². The van der Waals surface area contributed by atoms with Gasteiger partial charge in [0.15, 0.2) is 0 Å². The number of hydrogen-bond acceptors (Lipinski definition) is 4. The Morgan fingerprint density at radius 3 is 2.63 bits per heavy atom. The third-order valence-electron chi connectivity index (χ3n) is 2.29. The molecule has 0 saturated carbocycles. The molecule has 0 unspecified atom stereocenters. The number of carbonyl (C=O) groups is 1. The third-order valence-corrected chi connectivity index (χ3v) is 2.29. The summed E-state index contributed by atoms with van der Waals surface area (Å²) in [6, 6.07) is 8.10. The number of hydrazone groups is 1. The Morgan fingerprint density at radius 2 is 2.05 bits per heavy atom. The number of ether oxygens (including phenoxy) is 1. The fourth-order valence-electron chi connectivity index (χ4n) is 1.33. The molecule has 0 aliphatic heterocycles. The van der Waals surface area contributed by atoms with Gasteiger partial charge in [0.1, 0.15) is 0 Å². The second kappa shape index (κ2) is 7.92. The maximum absolute atomic E-state index is 10.9. The highest BCUT2D eigenvalue weighted by atomic mass is 16.5. The molecular formula is C14H19N3O2. The average Bonchev–Trinajstić information content (AvgIpc) is 2.39. The molecule has 0 fully saturated rings. The number of amides is 1. The van der Waals surface area contributed by atoms with Crippen molar-refractivity contribution in [3.8, 4) is 0 Å². The Labute approximate surface area is 113 Å². The molecule has 0 aromatic heterocycles. The summed E-state index contributed by atoms with van der Waals surface area (Å²) in [7, 11) is 4.00. The van der Waals surface area contributed by atoms with E-state index in [0.717, 1.165) is 11.3 Å². The van der Waals surface area contributed by atoms with Crippen LogP contribution in [0.15, 0.2) is 35.4 Å². The van der Waals surface area contributed by atoms with Gasteiger partial charge in [-0.05, 0) is 30.7 Å². The van der Waals surface area contributed by atoms with Gasteiger partial charge in [-0.2, -0.15) is 5.10 Å². The van der Waals surface area contributed by atoms with Crippen molar-refractivity contribution in [1.29, 1.82) is 0 Å². The van der Waals surface area contributed by atoms with Gasteiger partial charge >= 0.3 is 6.09 Å². The molecule has 1 aromatic rings. The number of nitrogens with one attached hydrogen (secondary N) is 1. The van der Waals surface area contributed by atoms with Crippen LogP contribution in [0, 0.1) is 0 Å². The summed E-state index contributed by atoms with van der Waals surface area (Å²) >= 11 is 0. The molecule has 1 amide bonds. The van der Waals surface area contributed by atoms with Crippen LogP contribution in [-0.2, 0) is 4.74 Å². The average molecular weight is 261 g/mol. The van der Waals surface area contributed by atoms with Crippen molar-refractivity contribution in [2.45, 2.75) is 6.92 Å². The summed E-state index contributed by atoms with van der Waals surface area (Å²) in [5, 5.41) is 3.71. The standard InChI is InChI=1S/C14H19N3O2/c1-4-19-14(18)16-15-11-5-6-12-7-9-13(10-8-12)17(2)3/h5-11H,4H2,1-3H3,(H,16,18). The number of anilines is 1. The lowest BCUT2D eigenvalue weighted by atomic mass is 10.2. The lowest BCUT2D eigenvalue weighted by Gasteiger charge is -2.11. The van der Waals surface area contributed by atoms with Gasteiger partial charge in [-0.25, -0.2) is 10.2 Å². The number of allylic oxidation sites excluding steroid dienone is 1. The predicted molar refractivity (Wildman–Crippen MR) is 78.5 cm³/mol. The van der Waals surface area contributed by atoms with E-state index in [1.807, 2.05) is 49.3 Å². The first-order valence-electron chi connectivity index (χ1n) is 6.03. The van der Waals surface area contributed by atoms with E-state index in [1.165, 1.54) is 6.21 Å². The second-order valence-electron chi connectivity index (χ2n) is 3.96. The van der Waals surface area contributed by atoms with E-state index in [4.69, 9.17) is 0 Å². The molecule has 19 heavy (non-hydrogen) atoms. The zero-order valence-corrected chi connectivity index (χ0v) is 11.5. The van der Waals surface area contributed by atoms with E-state index in [9.17, 15) is 4.79 Å². The van der Waals surface area contributed by atoms with Gasteiger partial charge in [0, 0.05) is 26.0 Å². The molecule has 0 aliphatic rings. The second-order valence-corrected chi connectivity index (χ2v) is 3.96. The van der Waals surface area contributed by atoms with E-state index >= 15 is 0 Å². The van der Waals surface area contributed by atoms with E-state index in [0.29, 0.717) is 6.61 Å². The Morgan fingerprint density at radius 1 is 1.37 bits per heavy atom. The molecule has 102 valence electrons. The Hall–Kier alpha value is -2.30. The molecule has 0 bridgehead atoms. The van der Waals surface area contributed by atoms with Crippen LogP contribution >= 0.6 is 0 Å². The van der Waals surface area contributed by atoms with Crippen molar-refractivity contribution < 1.29 is 9.53 Å². The van der Waals surface area contributed by atoms with Gasteiger partial charge in [0.05, 0.1) is 6.61 Å². The summed E-state index contributed by atoms with van der Waals surface area (Å²) < 4.78 is 4.65. The van der Waals surface area contributed by atoms with Crippen molar-refractivity contribution in [2.75, 3.05) is 25.6 Å². The number of hydrogen-bond donors (Lipinski definition) is 1. The van der Waals surface area contributed by atoms with Crippen LogP contribution in [0.25, 0.3) is 6.08 Å². The predicted octanol–water partition coefficient (Wildman–Crippen LogP) is 2.50. The molecule has 1 rings (SSSR count). The van der Waals surface area contributed by atoms with Gasteiger partial charge in [0.25, 0.3) is 0 Å². The highest BCUT2D eigenvalue weighted by Crippen LogP contribution is 2.12. The smallest absolute Gasteiger partial charge is 0.427 e. The van der Waals surface area contributed by atoms with Crippen LogP contribution in [-0.4, -0.2) is 33.0 Å². The van der Waals surface area contributed by atoms with Crippen molar-refractivity contribution in [2.24, 2.45) is 5.10 Å². The fourth-order valence-corrected chi connectivity index (χ4v) is 1.33. The first kappa shape index (κ1) is 14.8. The molecular weight excluding hydrogens is 242 g/mol. The van der Waals surface area contributed by atoms with Gasteiger partial charge in [-0.1, -0.05) is 18.2 Å². The van der Waals surface area contributed by atoms with Crippen molar-refractivity contribution >= 4 is 24.1 Å². The SMILES string of the molecule is CCOC(=O)NN=CC=Cc1ccc(N(C)C)cc1. The van der Waals surface area contributed by atoms with Crippen LogP contribution < -0.4 is 10.3 Å². The van der Waals surface area contributed by atoms with Gasteiger partial charge in [0.2, 0.25) is 0 Å². The van der Waals surface area contributed by atoms with E-state index in [2.05, 4.69) is 15.3 Å². The van der Waals surface area contributed by atoms with Crippen molar-refractivity contribution in [3.05, 3.63) is 35.9 Å². The van der Waals surface area contributed by atoms with Crippen LogP contribution in [0.2, 0.25) is 0 Å². The lowest BCUT2D eigenvalue weighted by Crippen LogP contribution is -2.18. The first-order valence-corrected chi connectivity index (χ1v) is 6.03. The quantitative estimate of drug-likeness (QED) is 0.654. The highest BCUT2D eigenvalue weighted by molar-refractivity contribution is 5.79. The zero-order valence-electron chi connectivity index (χ0n) is 11.5. The maximum atomic E-state index is 10.9. The van der Waals surface area contributed by atoms with Crippen LogP contribution in [0.4, 0.5) is 10.5 Å². The first-order chi connectivity index (χ1) is 9.13. The summed E-state index contributed by atoms with van der Waals surface area (Å²) in [5.41, 5.74) is 4.46. The number of carbonyl (C=O) groups excluding carboxylic acids is 1. The molecule has 5 nitrogen and oxygen atoms in total. The molecule has 0 aliphatic carbocycles. The van der Waals surface area contributed by atoms with Gasteiger partial charge in [-0.3, -0.25) is 0 Å². The number of benzene rings is 1. The monoisotopic (exact) mass is 261 g/mol. The van der Waals surface area contributed by atoms with E-state index < -0.39 is 6.09 Å². The molecule has 0 atom stereocenters. The van der Waals surface area contributed by atoms with E-state index in [-0.39, 0.29) is 0 Å². The number of nitrogens with zero attached hydrogens (tertiary/aromatic N) is 2. The Kier molecular flexibility index (Phi) is 6.15. The van der Waals surface area contributed by atoms with Crippen LogP contribution in [0.5, 0.6) is 0 Å². The minimum absolute atomic E-state index is 0.329. The highest BCUT2D eigenvalue weighted by Gasteiger charge is 1.94. The lowest BCUT2D eigenvalue weighted by molar-refractivity contribution is 0.152.